The van der Waals surface area contributed by atoms with Crippen LogP contribution in [0.5, 0.6) is 0 Å². The molecular formula is C14H16N6. The second-order valence-electron chi connectivity index (χ2n) is 5.07. The number of rotatable bonds is 3. The van der Waals surface area contributed by atoms with Crippen molar-refractivity contribution in [1.82, 2.24) is 19.7 Å². The van der Waals surface area contributed by atoms with E-state index in [2.05, 4.69) is 31.1 Å². The number of pyridine rings is 1. The lowest BCUT2D eigenvalue weighted by Crippen LogP contribution is -2.27. The van der Waals surface area contributed by atoms with Crippen LogP contribution in [0.15, 0.2) is 18.3 Å². The predicted octanol–water partition coefficient (Wildman–Crippen LogP) is 1.53. The van der Waals surface area contributed by atoms with Crippen molar-refractivity contribution in [2.45, 2.75) is 26.3 Å². The lowest BCUT2D eigenvalue weighted by Gasteiger charge is -2.24. The number of nitrogens with one attached hydrogen (secondary N) is 1. The summed E-state index contributed by atoms with van der Waals surface area (Å²) in [6.07, 6.45) is 3.74. The third-order valence-corrected chi connectivity index (χ3v) is 3.72. The summed E-state index contributed by atoms with van der Waals surface area (Å²) in [6.45, 7) is 3.72. The maximum absolute atomic E-state index is 9.04. The van der Waals surface area contributed by atoms with E-state index in [1.807, 2.05) is 6.92 Å². The van der Waals surface area contributed by atoms with Gasteiger partial charge in [0.15, 0.2) is 0 Å². The Morgan fingerprint density at radius 3 is 3.25 bits per heavy atom. The lowest BCUT2D eigenvalue weighted by atomic mass is 9.99. The van der Waals surface area contributed by atoms with Crippen molar-refractivity contribution in [2.75, 3.05) is 11.9 Å². The molecule has 1 N–H and O–H groups in total. The second-order valence-corrected chi connectivity index (χ2v) is 5.07. The monoisotopic (exact) mass is 268 g/mol. The maximum Gasteiger partial charge on any atom is 0.143 e. The normalized spacial score (nSPS) is 17.3. The highest BCUT2D eigenvalue weighted by Gasteiger charge is 2.21. The topological polar surface area (TPSA) is 79.4 Å². The van der Waals surface area contributed by atoms with E-state index in [0.717, 1.165) is 37.6 Å². The van der Waals surface area contributed by atoms with Gasteiger partial charge in [-0.15, -0.1) is 10.2 Å². The van der Waals surface area contributed by atoms with E-state index < -0.39 is 0 Å². The van der Waals surface area contributed by atoms with Gasteiger partial charge in [-0.1, -0.05) is 0 Å². The number of hydrogen-bond acceptors (Lipinski definition) is 5. The van der Waals surface area contributed by atoms with E-state index in [1.54, 1.807) is 18.3 Å². The van der Waals surface area contributed by atoms with E-state index in [-0.39, 0.29) is 0 Å². The van der Waals surface area contributed by atoms with E-state index in [0.29, 0.717) is 17.3 Å². The fourth-order valence-corrected chi connectivity index (χ4v) is 2.57. The Hall–Kier alpha value is -2.42. The molecule has 20 heavy (non-hydrogen) atoms. The number of hydrogen-bond donors (Lipinski definition) is 1. The average Bonchev–Trinajstić information content (AvgIpc) is 2.86. The number of fused-ring (bicyclic) bond motifs is 1. The van der Waals surface area contributed by atoms with Crippen LogP contribution in [0, 0.1) is 24.2 Å². The van der Waals surface area contributed by atoms with Gasteiger partial charge in [-0.05, 0) is 31.4 Å². The van der Waals surface area contributed by atoms with Crippen LogP contribution in [0.25, 0.3) is 0 Å². The number of aromatic nitrogens is 4. The van der Waals surface area contributed by atoms with Gasteiger partial charge in [0.2, 0.25) is 0 Å². The Morgan fingerprint density at radius 1 is 1.50 bits per heavy atom. The molecule has 2 aromatic heterocycles. The molecule has 0 saturated carbocycles. The van der Waals surface area contributed by atoms with Gasteiger partial charge in [-0.2, -0.15) is 5.26 Å². The minimum absolute atomic E-state index is 0.505. The van der Waals surface area contributed by atoms with Crippen molar-refractivity contribution >= 4 is 5.82 Å². The zero-order valence-electron chi connectivity index (χ0n) is 11.4. The molecule has 0 aliphatic carbocycles. The molecule has 6 heteroatoms. The molecule has 1 atom stereocenters. The molecule has 3 rings (SSSR count). The lowest BCUT2D eigenvalue weighted by molar-refractivity contribution is 0.376. The number of nitrogens with zero attached hydrogens (tertiary/aromatic N) is 5. The molecule has 0 saturated heterocycles. The first kappa shape index (κ1) is 12.6. The summed E-state index contributed by atoms with van der Waals surface area (Å²) in [6, 6.07) is 5.70. The molecule has 0 aromatic carbocycles. The average molecular weight is 268 g/mol. The molecule has 102 valence electrons. The first-order valence-corrected chi connectivity index (χ1v) is 6.75. The van der Waals surface area contributed by atoms with Crippen LogP contribution < -0.4 is 5.32 Å². The standard InChI is InChI=1S/C14H16N6/c1-10-18-19-13-5-4-11(9-20(10)13)8-17-14-12(7-15)3-2-6-16-14/h2-3,6,11H,4-5,8-9H2,1H3,(H,16,17)/t11-/m1/s1. The van der Waals surface area contributed by atoms with Crippen molar-refractivity contribution in [3.8, 4) is 6.07 Å². The quantitative estimate of drug-likeness (QED) is 0.913. The van der Waals surface area contributed by atoms with Crippen LogP contribution >= 0.6 is 0 Å². The van der Waals surface area contributed by atoms with E-state index in [9.17, 15) is 0 Å². The first-order valence-electron chi connectivity index (χ1n) is 6.75. The summed E-state index contributed by atoms with van der Waals surface area (Å²) >= 11 is 0. The predicted molar refractivity (Wildman–Crippen MR) is 74.0 cm³/mol. The molecule has 6 nitrogen and oxygen atoms in total. The fraction of sp³-hybridized carbons (Fsp3) is 0.429. The van der Waals surface area contributed by atoms with Crippen molar-refractivity contribution < 1.29 is 0 Å². The van der Waals surface area contributed by atoms with Gasteiger partial charge in [0.05, 0.1) is 5.56 Å². The summed E-state index contributed by atoms with van der Waals surface area (Å²) in [5.41, 5.74) is 0.587. The third-order valence-electron chi connectivity index (χ3n) is 3.72. The van der Waals surface area contributed by atoms with Gasteiger partial charge in [0.1, 0.15) is 23.5 Å². The Labute approximate surface area is 117 Å². The van der Waals surface area contributed by atoms with Crippen molar-refractivity contribution in [1.29, 1.82) is 5.26 Å². The molecule has 0 radical (unpaired) electrons. The molecule has 3 heterocycles. The Balaban J connectivity index is 1.66. The summed E-state index contributed by atoms with van der Waals surface area (Å²) in [5.74, 6) is 3.22. The van der Waals surface area contributed by atoms with Gasteiger partial charge < -0.3 is 9.88 Å². The zero-order chi connectivity index (χ0) is 13.9. The molecule has 0 bridgehead atoms. The van der Waals surface area contributed by atoms with Gasteiger partial charge in [0, 0.05) is 25.7 Å². The second kappa shape index (κ2) is 5.29. The Kier molecular flexibility index (Phi) is 3.33. The maximum atomic E-state index is 9.04. The van der Waals surface area contributed by atoms with Crippen LogP contribution in [0.3, 0.4) is 0 Å². The summed E-state index contributed by atoms with van der Waals surface area (Å²) in [4.78, 5) is 4.22. The molecule has 0 unspecified atom stereocenters. The number of anilines is 1. The van der Waals surface area contributed by atoms with Gasteiger partial charge in [-0.25, -0.2) is 4.98 Å². The number of aryl methyl sites for hydroxylation is 2. The van der Waals surface area contributed by atoms with Gasteiger partial charge in [0.25, 0.3) is 0 Å². The van der Waals surface area contributed by atoms with E-state index in [1.165, 1.54) is 0 Å². The Bertz CT molecular complexity index is 654. The highest BCUT2D eigenvalue weighted by molar-refractivity contribution is 5.51. The van der Waals surface area contributed by atoms with E-state index in [4.69, 9.17) is 5.26 Å². The molecule has 0 amide bonds. The summed E-state index contributed by atoms with van der Waals surface area (Å²) < 4.78 is 2.18. The molecule has 1 aliphatic heterocycles. The van der Waals surface area contributed by atoms with Crippen LogP contribution in [0.1, 0.15) is 23.6 Å². The smallest absolute Gasteiger partial charge is 0.143 e. The summed E-state index contributed by atoms with van der Waals surface area (Å²) in [5, 5.41) is 20.6. The Morgan fingerprint density at radius 2 is 2.40 bits per heavy atom. The first-order chi connectivity index (χ1) is 9.78. The van der Waals surface area contributed by atoms with Crippen molar-refractivity contribution in [2.24, 2.45) is 5.92 Å². The van der Waals surface area contributed by atoms with Crippen molar-refractivity contribution in [3.63, 3.8) is 0 Å². The molecule has 2 aromatic rings. The molecule has 0 spiro atoms. The van der Waals surface area contributed by atoms with Crippen LogP contribution in [-0.4, -0.2) is 26.3 Å². The highest BCUT2D eigenvalue weighted by Crippen LogP contribution is 2.20. The van der Waals surface area contributed by atoms with Gasteiger partial charge >= 0.3 is 0 Å². The minimum atomic E-state index is 0.505. The van der Waals surface area contributed by atoms with Crippen LogP contribution in [0.2, 0.25) is 0 Å². The number of nitriles is 1. The highest BCUT2D eigenvalue weighted by atomic mass is 15.3. The zero-order valence-corrected chi connectivity index (χ0v) is 11.4. The molecule has 0 fully saturated rings. The van der Waals surface area contributed by atoms with Crippen LogP contribution in [-0.2, 0) is 13.0 Å². The van der Waals surface area contributed by atoms with Gasteiger partial charge in [-0.3, -0.25) is 0 Å². The molecule has 1 aliphatic rings. The van der Waals surface area contributed by atoms with Crippen LogP contribution in [0.4, 0.5) is 5.82 Å². The molecular weight excluding hydrogens is 252 g/mol. The SMILES string of the molecule is Cc1nnc2n1C[C@@H](CNc1ncccc1C#N)CC2. The van der Waals surface area contributed by atoms with Crippen molar-refractivity contribution in [3.05, 3.63) is 35.5 Å². The van der Waals surface area contributed by atoms with E-state index >= 15 is 0 Å². The fourth-order valence-electron chi connectivity index (χ4n) is 2.57. The summed E-state index contributed by atoms with van der Waals surface area (Å²) in [7, 11) is 0. The largest absolute Gasteiger partial charge is 0.369 e. The third kappa shape index (κ3) is 2.35. The minimum Gasteiger partial charge on any atom is -0.369 e.